The molecular formula is HGeNaO3. The molecule has 0 amide bonds. The van der Waals surface area contributed by atoms with Crippen LogP contribution in [0.15, 0.2) is 0 Å². The van der Waals surface area contributed by atoms with Gasteiger partial charge in [0.2, 0.25) is 0 Å². The van der Waals surface area contributed by atoms with Gasteiger partial charge in [0, 0.05) is 0 Å². The van der Waals surface area contributed by atoms with E-state index in [1.165, 1.54) is 0 Å². The first-order valence-corrected chi connectivity index (χ1v) is 3.28. The summed E-state index contributed by atoms with van der Waals surface area (Å²) in [5.74, 6) is 0. The summed E-state index contributed by atoms with van der Waals surface area (Å²) < 4.78 is 24.5. The SMILES string of the molecule is [Na+].[O]=[Ge]([O-])[OH]. The Labute approximate surface area is 56.3 Å². The minimum absolute atomic E-state index is 0. The van der Waals surface area contributed by atoms with Gasteiger partial charge < -0.3 is 0 Å². The van der Waals surface area contributed by atoms with E-state index in [0.29, 0.717) is 0 Å². The molecule has 0 atom stereocenters. The standard InChI is InChI=1S/GeHO3.Na/c2-1(3)4;/h2H;/q-1;+1. The Morgan fingerprint density at radius 2 is 1.80 bits per heavy atom. The summed E-state index contributed by atoms with van der Waals surface area (Å²) in [6, 6.07) is 0. The fourth-order valence-electron chi connectivity index (χ4n) is 0. The second-order valence-electron chi connectivity index (χ2n) is 0.266. The van der Waals surface area contributed by atoms with Crippen molar-refractivity contribution >= 4 is 15.0 Å². The molecule has 0 unspecified atom stereocenters. The third-order valence-electron chi connectivity index (χ3n) is 0. The molecule has 0 aliphatic heterocycles. The van der Waals surface area contributed by atoms with Gasteiger partial charge in [-0.3, -0.25) is 0 Å². The van der Waals surface area contributed by atoms with Crippen LogP contribution in [0.25, 0.3) is 0 Å². The molecule has 24 valence electrons. The van der Waals surface area contributed by atoms with Crippen molar-refractivity contribution in [2.45, 2.75) is 0 Å². The number of hydrogen-bond acceptors (Lipinski definition) is 2. The van der Waals surface area contributed by atoms with E-state index in [-0.39, 0.29) is 29.6 Å². The molecule has 0 radical (unpaired) electrons. The Morgan fingerprint density at radius 1 is 1.80 bits per heavy atom. The molecule has 0 saturated heterocycles. The average Bonchev–Trinajstić information content (AvgIpc) is 0.811. The van der Waals surface area contributed by atoms with Gasteiger partial charge in [-0.15, -0.1) is 0 Å². The first-order valence-electron chi connectivity index (χ1n) is 0.632. The van der Waals surface area contributed by atoms with Gasteiger partial charge in [0.25, 0.3) is 0 Å². The zero-order valence-electron chi connectivity index (χ0n) is 2.76. The molecule has 0 heterocycles. The van der Waals surface area contributed by atoms with E-state index in [9.17, 15) is 0 Å². The summed E-state index contributed by atoms with van der Waals surface area (Å²) in [6.45, 7) is 0. The fourth-order valence-corrected chi connectivity index (χ4v) is 0. The Kier molecular flexibility index (Phi) is 9.23. The molecule has 0 aliphatic carbocycles. The monoisotopic (exact) mass is 146 g/mol. The van der Waals surface area contributed by atoms with Crippen LogP contribution in [0.2, 0.25) is 0 Å². The Hall–Kier alpha value is 0.943. The third-order valence-corrected chi connectivity index (χ3v) is 0. The van der Waals surface area contributed by atoms with Crippen LogP contribution < -0.4 is 33.7 Å². The Balaban J connectivity index is 0. The number of hydrogen-bond donors (Lipinski definition) is 1. The summed E-state index contributed by atoms with van der Waals surface area (Å²) in [4.78, 5) is 0. The molecule has 0 fully saturated rings. The molecule has 0 rings (SSSR count). The summed E-state index contributed by atoms with van der Waals surface area (Å²) in [5.41, 5.74) is 0. The second kappa shape index (κ2) is 4.94. The van der Waals surface area contributed by atoms with Crippen molar-refractivity contribution in [1.29, 1.82) is 0 Å². The summed E-state index contributed by atoms with van der Waals surface area (Å²) in [7, 11) is 0. The molecule has 5 heteroatoms. The van der Waals surface area contributed by atoms with Crippen molar-refractivity contribution in [2.75, 3.05) is 0 Å². The van der Waals surface area contributed by atoms with Gasteiger partial charge in [-0.05, 0) is 0 Å². The van der Waals surface area contributed by atoms with Crippen LogP contribution in [0.4, 0.5) is 0 Å². The molecule has 0 saturated carbocycles. The van der Waals surface area contributed by atoms with E-state index < -0.39 is 15.0 Å². The predicted molar refractivity (Wildman–Crippen MR) is 8.66 cm³/mol. The van der Waals surface area contributed by atoms with E-state index in [0.717, 1.165) is 0 Å². The van der Waals surface area contributed by atoms with E-state index in [1.54, 1.807) is 0 Å². The van der Waals surface area contributed by atoms with Gasteiger partial charge >= 0.3 is 56.6 Å². The molecule has 3 nitrogen and oxygen atoms in total. The first kappa shape index (κ1) is 9.34. The van der Waals surface area contributed by atoms with Crippen LogP contribution in [0.3, 0.4) is 0 Å². The second-order valence-corrected chi connectivity index (χ2v) is 1.38. The zero-order valence-corrected chi connectivity index (χ0v) is 6.86. The van der Waals surface area contributed by atoms with Crippen LogP contribution in [0.1, 0.15) is 0 Å². The van der Waals surface area contributed by atoms with Crippen molar-refractivity contribution in [1.82, 2.24) is 0 Å². The van der Waals surface area contributed by atoms with Crippen LogP contribution in [-0.4, -0.2) is 19.1 Å². The van der Waals surface area contributed by atoms with Crippen LogP contribution in [0.5, 0.6) is 0 Å². The first-order chi connectivity index (χ1) is 1.73. The Bertz CT molecular complexity index is 29.9. The molecule has 0 aromatic heterocycles. The molecule has 0 aliphatic rings. The predicted octanol–water partition coefficient (Wildman–Crippen LogP) is -5.24. The molecule has 0 aromatic rings. The molecule has 1 N–H and O–H groups in total. The Morgan fingerprint density at radius 3 is 1.80 bits per heavy atom. The topological polar surface area (TPSA) is 60.4 Å². The summed E-state index contributed by atoms with van der Waals surface area (Å²) in [6.07, 6.45) is 0. The number of rotatable bonds is 0. The van der Waals surface area contributed by atoms with Crippen molar-refractivity contribution in [3.63, 3.8) is 0 Å². The maximum atomic E-state index is 8.69. The minimum atomic E-state index is -3.83. The van der Waals surface area contributed by atoms with Gasteiger partial charge in [-0.1, -0.05) is 0 Å². The molecular weight excluding hydrogens is 144 g/mol. The van der Waals surface area contributed by atoms with Gasteiger partial charge in [-0.2, -0.15) is 0 Å². The third kappa shape index (κ3) is 48.2. The van der Waals surface area contributed by atoms with E-state index in [2.05, 4.69) is 0 Å². The molecule has 0 bridgehead atoms. The van der Waals surface area contributed by atoms with E-state index >= 15 is 0 Å². The fraction of sp³-hybridized carbons (Fsp3) is 0. The summed E-state index contributed by atoms with van der Waals surface area (Å²) in [5, 5.41) is 0. The molecule has 0 spiro atoms. The molecule has 5 heavy (non-hydrogen) atoms. The van der Waals surface area contributed by atoms with Gasteiger partial charge in [0.15, 0.2) is 0 Å². The van der Waals surface area contributed by atoms with Crippen molar-refractivity contribution in [2.24, 2.45) is 0 Å². The molecule has 0 aromatic carbocycles. The normalized spacial score (nSPS) is 4.80. The average molecular weight is 145 g/mol. The van der Waals surface area contributed by atoms with Gasteiger partial charge in [0.1, 0.15) is 0 Å². The van der Waals surface area contributed by atoms with Crippen molar-refractivity contribution < 1.29 is 41.6 Å². The van der Waals surface area contributed by atoms with Crippen LogP contribution in [-0.2, 0) is 3.78 Å². The van der Waals surface area contributed by atoms with Crippen molar-refractivity contribution in [3.05, 3.63) is 0 Å². The van der Waals surface area contributed by atoms with Crippen LogP contribution >= 0.6 is 0 Å². The van der Waals surface area contributed by atoms with Crippen LogP contribution in [0, 0.1) is 0 Å². The maximum absolute atomic E-state index is 8.69. The summed E-state index contributed by atoms with van der Waals surface area (Å²) >= 11 is -3.83. The van der Waals surface area contributed by atoms with E-state index in [4.69, 9.17) is 12.0 Å². The van der Waals surface area contributed by atoms with Gasteiger partial charge in [0.05, 0.1) is 0 Å². The zero-order chi connectivity index (χ0) is 3.58. The van der Waals surface area contributed by atoms with E-state index in [1.807, 2.05) is 0 Å². The van der Waals surface area contributed by atoms with Gasteiger partial charge in [-0.25, -0.2) is 0 Å². The quantitative estimate of drug-likeness (QED) is 0.346. The van der Waals surface area contributed by atoms with Crippen molar-refractivity contribution in [3.8, 4) is 0 Å².